The Bertz CT molecular complexity index is 982. The molecule has 0 saturated heterocycles. The molecule has 0 bridgehead atoms. The average Bonchev–Trinajstić information content (AvgIpc) is 2.96. The number of halogens is 1. The fraction of sp³-hybridized carbons (Fsp3) is 0.500. The Morgan fingerprint density at radius 2 is 2.00 bits per heavy atom. The zero-order valence-corrected chi connectivity index (χ0v) is 16.7. The van der Waals surface area contributed by atoms with Crippen LogP contribution in [-0.2, 0) is 27.4 Å². The Morgan fingerprint density at radius 1 is 1.32 bits per heavy atom. The van der Waals surface area contributed by atoms with Crippen molar-refractivity contribution < 1.29 is 9.53 Å². The van der Waals surface area contributed by atoms with E-state index in [4.69, 9.17) is 4.74 Å². The molecular weight excluding hydrogens is 439 g/mol. The number of carbonyl (C=O) groups is 1. The standard InChI is InChI=1S/C16H19IN4O4/c1-5-6-7-19-9-18-12-11(19)13(22)20(8-17)15(24)21(12)10-25-14(23)16(2,3)4/h9H,7-8,10H2,1-4H3. The molecule has 0 aliphatic carbocycles. The van der Waals surface area contributed by atoms with Gasteiger partial charge in [0.1, 0.15) is 0 Å². The van der Waals surface area contributed by atoms with Gasteiger partial charge in [0.15, 0.2) is 17.9 Å². The van der Waals surface area contributed by atoms with Crippen LogP contribution in [-0.4, -0.2) is 24.7 Å². The van der Waals surface area contributed by atoms with Crippen LogP contribution in [0.1, 0.15) is 27.7 Å². The van der Waals surface area contributed by atoms with Crippen molar-refractivity contribution in [2.24, 2.45) is 5.41 Å². The van der Waals surface area contributed by atoms with Crippen molar-refractivity contribution in [1.82, 2.24) is 18.7 Å². The summed E-state index contributed by atoms with van der Waals surface area (Å²) in [7, 11) is 0. The second-order valence-corrected chi connectivity index (χ2v) is 7.03. The van der Waals surface area contributed by atoms with E-state index in [-0.39, 0.29) is 29.0 Å². The van der Waals surface area contributed by atoms with Crippen molar-refractivity contribution >= 4 is 39.7 Å². The highest BCUT2D eigenvalue weighted by Gasteiger charge is 2.24. The summed E-state index contributed by atoms with van der Waals surface area (Å²) >= 11 is 1.93. The van der Waals surface area contributed by atoms with E-state index in [1.54, 1.807) is 32.3 Å². The summed E-state index contributed by atoms with van der Waals surface area (Å²) < 4.78 is 9.26. The smallest absolute Gasteiger partial charge is 0.336 e. The summed E-state index contributed by atoms with van der Waals surface area (Å²) in [5, 5.41) is 0. The van der Waals surface area contributed by atoms with E-state index < -0.39 is 22.6 Å². The van der Waals surface area contributed by atoms with E-state index in [9.17, 15) is 14.4 Å². The van der Waals surface area contributed by atoms with Crippen molar-refractivity contribution in [3.8, 4) is 11.8 Å². The molecule has 0 spiro atoms. The molecule has 0 aromatic carbocycles. The van der Waals surface area contributed by atoms with Gasteiger partial charge in [-0.25, -0.2) is 18.9 Å². The van der Waals surface area contributed by atoms with Gasteiger partial charge in [0.25, 0.3) is 5.56 Å². The van der Waals surface area contributed by atoms with Gasteiger partial charge in [0.2, 0.25) is 0 Å². The molecule has 134 valence electrons. The number of hydrogen-bond acceptors (Lipinski definition) is 5. The molecule has 0 saturated carbocycles. The maximum Gasteiger partial charge on any atom is 0.336 e. The van der Waals surface area contributed by atoms with Crippen LogP contribution in [0.2, 0.25) is 0 Å². The first-order valence-corrected chi connectivity index (χ1v) is 9.06. The number of nitrogens with zero attached hydrogens (tertiary/aromatic N) is 4. The fourth-order valence-electron chi connectivity index (χ4n) is 2.08. The molecule has 0 aliphatic heterocycles. The molecule has 0 atom stereocenters. The summed E-state index contributed by atoms with van der Waals surface area (Å²) in [4.78, 5) is 41.3. The number of aromatic nitrogens is 4. The maximum atomic E-state index is 12.6. The highest BCUT2D eigenvalue weighted by Crippen LogP contribution is 2.16. The van der Waals surface area contributed by atoms with Crippen molar-refractivity contribution in [3.63, 3.8) is 0 Å². The molecule has 2 heterocycles. The quantitative estimate of drug-likeness (QED) is 0.299. The largest absolute Gasteiger partial charge is 0.443 e. The van der Waals surface area contributed by atoms with Crippen molar-refractivity contribution in [2.75, 3.05) is 0 Å². The van der Waals surface area contributed by atoms with Gasteiger partial charge in [-0.05, 0) is 27.7 Å². The SMILES string of the molecule is CC#CCn1cnc2c1c(=O)n(CI)c(=O)n2COC(=O)C(C)(C)C. The summed E-state index contributed by atoms with van der Waals surface area (Å²) in [6.07, 6.45) is 1.45. The highest BCUT2D eigenvalue weighted by molar-refractivity contribution is 14.1. The molecule has 0 aliphatic rings. The third-order valence-corrected chi connectivity index (χ3v) is 4.15. The van der Waals surface area contributed by atoms with Gasteiger partial charge in [-0.2, -0.15) is 0 Å². The number of esters is 1. The molecule has 0 N–H and O–H groups in total. The highest BCUT2D eigenvalue weighted by atomic mass is 127. The van der Waals surface area contributed by atoms with Gasteiger partial charge in [-0.1, -0.05) is 28.5 Å². The molecular formula is C16H19IN4O4. The summed E-state index contributed by atoms with van der Waals surface area (Å²) in [5.41, 5.74) is -1.28. The minimum atomic E-state index is -0.698. The van der Waals surface area contributed by atoms with Gasteiger partial charge in [0.05, 0.1) is 22.8 Å². The lowest BCUT2D eigenvalue weighted by atomic mass is 9.98. The zero-order valence-electron chi connectivity index (χ0n) is 14.5. The molecule has 9 heteroatoms. The van der Waals surface area contributed by atoms with Crippen LogP contribution in [0.25, 0.3) is 11.2 Å². The monoisotopic (exact) mass is 458 g/mol. The fourth-order valence-corrected chi connectivity index (χ4v) is 2.69. The Kier molecular flexibility index (Phi) is 5.72. The lowest BCUT2D eigenvalue weighted by Crippen LogP contribution is -2.40. The minimum Gasteiger partial charge on any atom is -0.443 e. The van der Waals surface area contributed by atoms with Gasteiger partial charge < -0.3 is 9.30 Å². The third kappa shape index (κ3) is 3.78. The van der Waals surface area contributed by atoms with Crippen molar-refractivity contribution in [3.05, 3.63) is 27.2 Å². The maximum absolute atomic E-state index is 12.6. The molecule has 0 fully saturated rings. The van der Waals surface area contributed by atoms with Crippen LogP contribution in [0, 0.1) is 17.3 Å². The minimum absolute atomic E-state index is 0.170. The Morgan fingerprint density at radius 3 is 2.56 bits per heavy atom. The zero-order chi connectivity index (χ0) is 18.8. The third-order valence-electron chi connectivity index (χ3n) is 3.47. The Balaban J connectivity index is 2.61. The van der Waals surface area contributed by atoms with Gasteiger partial charge in [-0.3, -0.25) is 9.59 Å². The Labute approximate surface area is 157 Å². The number of ether oxygens (including phenoxy) is 1. The lowest BCUT2D eigenvalue weighted by molar-refractivity contribution is -0.156. The van der Waals surface area contributed by atoms with Gasteiger partial charge in [-0.15, -0.1) is 5.92 Å². The lowest BCUT2D eigenvalue weighted by Gasteiger charge is -2.17. The van der Waals surface area contributed by atoms with E-state index in [2.05, 4.69) is 16.8 Å². The number of alkyl halides is 1. The van der Waals surface area contributed by atoms with Crippen LogP contribution in [0.4, 0.5) is 0 Å². The molecule has 0 unspecified atom stereocenters. The number of carbonyl (C=O) groups excluding carboxylic acids is 1. The summed E-state index contributed by atoms with van der Waals surface area (Å²) in [6.45, 7) is 6.83. The first kappa shape index (κ1) is 19.2. The molecule has 0 radical (unpaired) electrons. The predicted molar refractivity (Wildman–Crippen MR) is 101 cm³/mol. The number of hydrogen-bond donors (Lipinski definition) is 0. The summed E-state index contributed by atoms with van der Waals surface area (Å²) in [6, 6.07) is 0. The van der Waals surface area contributed by atoms with Crippen LogP contribution in [0.5, 0.6) is 0 Å². The molecule has 2 rings (SSSR count). The van der Waals surface area contributed by atoms with Crippen LogP contribution < -0.4 is 11.2 Å². The molecule has 2 aromatic heterocycles. The van der Waals surface area contributed by atoms with Crippen LogP contribution in [0.15, 0.2) is 15.9 Å². The normalized spacial score (nSPS) is 11.2. The molecule has 0 amide bonds. The predicted octanol–water partition coefficient (Wildman–Crippen LogP) is 1.32. The van der Waals surface area contributed by atoms with E-state index in [1.807, 2.05) is 22.6 Å². The van der Waals surface area contributed by atoms with Gasteiger partial charge in [0, 0.05) is 0 Å². The van der Waals surface area contributed by atoms with Gasteiger partial charge >= 0.3 is 11.7 Å². The second kappa shape index (κ2) is 7.43. The summed E-state index contributed by atoms with van der Waals surface area (Å²) in [5.74, 6) is 5.17. The van der Waals surface area contributed by atoms with E-state index in [0.717, 1.165) is 4.57 Å². The van der Waals surface area contributed by atoms with E-state index in [1.165, 1.54) is 10.9 Å². The van der Waals surface area contributed by atoms with Crippen LogP contribution in [0.3, 0.4) is 0 Å². The molecule has 25 heavy (non-hydrogen) atoms. The number of fused-ring (bicyclic) bond motifs is 1. The Hall–Kier alpha value is -2.09. The molecule has 2 aromatic rings. The van der Waals surface area contributed by atoms with Crippen molar-refractivity contribution in [2.45, 2.75) is 45.5 Å². The van der Waals surface area contributed by atoms with E-state index in [0.29, 0.717) is 0 Å². The first-order chi connectivity index (χ1) is 11.7. The topological polar surface area (TPSA) is 88.1 Å². The number of imidazole rings is 1. The van der Waals surface area contributed by atoms with Crippen molar-refractivity contribution in [1.29, 1.82) is 0 Å². The average molecular weight is 458 g/mol. The van der Waals surface area contributed by atoms with Crippen LogP contribution >= 0.6 is 22.6 Å². The van der Waals surface area contributed by atoms with E-state index >= 15 is 0 Å². The second-order valence-electron chi connectivity index (χ2n) is 6.35. The molecule has 8 nitrogen and oxygen atoms in total. The number of rotatable bonds is 4. The first-order valence-electron chi connectivity index (χ1n) is 7.53.